The predicted molar refractivity (Wildman–Crippen MR) is 141 cm³/mol. The number of nitrogens with zero attached hydrogens (tertiary/aromatic N) is 6. The molecule has 2 saturated heterocycles. The Labute approximate surface area is 223 Å². The van der Waals surface area contributed by atoms with Crippen LogP contribution in [0, 0.1) is 5.92 Å². The Hall–Kier alpha value is -3.45. The maximum Gasteiger partial charge on any atom is 0.387 e. The van der Waals surface area contributed by atoms with Gasteiger partial charge < -0.3 is 20.3 Å². The molecule has 2 aliphatic rings. The van der Waals surface area contributed by atoms with Crippen LogP contribution in [0.1, 0.15) is 31.2 Å². The molecule has 38 heavy (non-hydrogen) atoms. The minimum Gasteiger partial charge on any atom is -0.435 e. The number of ether oxygens (including phenoxy) is 1. The van der Waals surface area contributed by atoms with Crippen LogP contribution >= 0.6 is 11.3 Å². The zero-order valence-corrected chi connectivity index (χ0v) is 21.6. The van der Waals surface area contributed by atoms with E-state index in [0.29, 0.717) is 23.2 Å². The number of rotatable bonds is 10. The maximum absolute atomic E-state index is 12.7. The van der Waals surface area contributed by atoms with Crippen LogP contribution in [0.25, 0.3) is 0 Å². The van der Waals surface area contributed by atoms with Crippen molar-refractivity contribution in [2.24, 2.45) is 5.92 Å². The number of carbonyl (C=O) groups is 1. The normalized spacial score (nSPS) is 20.0. The number of halogens is 2. The molecule has 2 aliphatic heterocycles. The van der Waals surface area contributed by atoms with Crippen molar-refractivity contribution in [2.45, 2.75) is 44.9 Å². The van der Waals surface area contributed by atoms with E-state index in [-0.39, 0.29) is 23.6 Å². The van der Waals surface area contributed by atoms with Crippen molar-refractivity contribution in [1.82, 2.24) is 25.3 Å². The van der Waals surface area contributed by atoms with E-state index in [4.69, 9.17) is 0 Å². The Morgan fingerprint density at radius 3 is 2.84 bits per heavy atom. The second-order valence-electron chi connectivity index (χ2n) is 9.59. The van der Waals surface area contributed by atoms with E-state index in [1.807, 2.05) is 18.2 Å². The van der Waals surface area contributed by atoms with Crippen molar-refractivity contribution >= 4 is 33.3 Å². The van der Waals surface area contributed by atoms with Gasteiger partial charge in [-0.3, -0.25) is 9.69 Å². The molecule has 5 rings (SSSR count). The molecule has 202 valence electrons. The molecule has 13 heteroatoms. The van der Waals surface area contributed by atoms with Crippen molar-refractivity contribution in [3.8, 4) is 5.75 Å². The lowest BCUT2D eigenvalue weighted by atomic mass is 9.94. The molecule has 0 radical (unpaired) electrons. The first-order valence-corrected chi connectivity index (χ1v) is 13.5. The number of nitrogens with one attached hydrogen (secondary N) is 2. The smallest absolute Gasteiger partial charge is 0.387 e. The molecule has 1 amide bonds. The topological polar surface area (TPSA) is 108 Å². The van der Waals surface area contributed by atoms with Gasteiger partial charge in [-0.15, -0.1) is 15.3 Å². The second-order valence-corrected chi connectivity index (χ2v) is 10.6. The number of piperidine rings is 1. The number of aromatic nitrogens is 4. The summed E-state index contributed by atoms with van der Waals surface area (Å²) in [7, 11) is 0. The number of hydrogen-bond acceptors (Lipinski definition) is 10. The van der Waals surface area contributed by atoms with Gasteiger partial charge in [0.05, 0.1) is 0 Å². The van der Waals surface area contributed by atoms with Crippen LogP contribution in [-0.4, -0.2) is 70.0 Å². The second kappa shape index (κ2) is 12.4. The molecular weight excluding hydrogens is 514 g/mol. The molecule has 0 bridgehead atoms. The van der Waals surface area contributed by atoms with Gasteiger partial charge >= 0.3 is 6.61 Å². The molecular formula is C25H30F2N8O2S. The zero-order valence-electron chi connectivity index (χ0n) is 20.8. The van der Waals surface area contributed by atoms with Gasteiger partial charge in [0, 0.05) is 44.8 Å². The Balaban J connectivity index is 1.07. The van der Waals surface area contributed by atoms with E-state index in [9.17, 15) is 13.6 Å². The summed E-state index contributed by atoms with van der Waals surface area (Å²) in [6.45, 7) is 1.12. The van der Waals surface area contributed by atoms with Crippen LogP contribution in [0.2, 0.25) is 0 Å². The summed E-state index contributed by atoms with van der Waals surface area (Å²) < 4.78 is 29.5. The molecule has 0 spiro atoms. The van der Waals surface area contributed by atoms with Gasteiger partial charge in [0.2, 0.25) is 16.2 Å². The van der Waals surface area contributed by atoms with E-state index in [1.165, 1.54) is 17.4 Å². The highest BCUT2D eigenvalue weighted by Crippen LogP contribution is 2.26. The van der Waals surface area contributed by atoms with E-state index >= 15 is 0 Å². The fraction of sp³-hybridized carbons (Fsp3) is 0.480. The molecule has 1 aromatic carbocycles. The largest absolute Gasteiger partial charge is 0.435 e. The molecule has 4 heterocycles. The van der Waals surface area contributed by atoms with Crippen LogP contribution in [0.3, 0.4) is 0 Å². The summed E-state index contributed by atoms with van der Waals surface area (Å²) in [6.07, 6.45) is 4.94. The Kier molecular flexibility index (Phi) is 8.54. The predicted octanol–water partition coefficient (Wildman–Crippen LogP) is 3.86. The number of amides is 1. The van der Waals surface area contributed by atoms with Crippen LogP contribution in [0.15, 0.2) is 42.6 Å². The maximum atomic E-state index is 12.7. The van der Waals surface area contributed by atoms with Crippen molar-refractivity contribution in [1.29, 1.82) is 0 Å². The molecule has 2 atom stereocenters. The van der Waals surface area contributed by atoms with Gasteiger partial charge in [-0.1, -0.05) is 23.5 Å². The van der Waals surface area contributed by atoms with Gasteiger partial charge in [-0.05, 0) is 61.6 Å². The van der Waals surface area contributed by atoms with Gasteiger partial charge in [0.25, 0.3) is 0 Å². The molecule has 0 aliphatic carbocycles. The number of likely N-dealkylation sites (tertiary alicyclic amines) is 1. The quantitative estimate of drug-likeness (QED) is 0.393. The van der Waals surface area contributed by atoms with E-state index in [0.717, 1.165) is 56.8 Å². The lowest BCUT2D eigenvalue weighted by molar-refractivity contribution is -0.117. The van der Waals surface area contributed by atoms with Gasteiger partial charge in [-0.2, -0.15) is 13.9 Å². The first-order chi connectivity index (χ1) is 18.5. The Morgan fingerprint density at radius 2 is 2.00 bits per heavy atom. The lowest BCUT2D eigenvalue weighted by Gasteiger charge is -2.32. The van der Waals surface area contributed by atoms with Crippen molar-refractivity contribution < 1.29 is 18.3 Å². The zero-order chi connectivity index (χ0) is 26.3. The average Bonchev–Trinajstić information content (AvgIpc) is 3.54. The highest BCUT2D eigenvalue weighted by Gasteiger charge is 2.26. The average molecular weight is 545 g/mol. The van der Waals surface area contributed by atoms with E-state index in [2.05, 4.69) is 45.6 Å². The molecule has 0 saturated carbocycles. The van der Waals surface area contributed by atoms with E-state index < -0.39 is 6.61 Å². The lowest BCUT2D eigenvalue weighted by Crippen LogP contribution is -2.36. The van der Waals surface area contributed by atoms with Crippen molar-refractivity contribution in [3.63, 3.8) is 0 Å². The molecule has 0 unspecified atom stereocenters. The fourth-order valence-electron chi connectivity index (χ4n) is 5.03. The SMILES string of the molecule is O=C(C[C@@H]1CCCN(Cc2cccc(OC(F)F)c2)C1)Nc1nnc(N[C@@H]2CCN(c3cccnn3)C2)s1. The third-order valence-electron chi connectivity index (χ3n) is 6.68. The van der Waals surface area contributed by atoms with Crippen LogP contribution in [-0.2, 0) is 11.3 Å². The van der Waals surface area contributed by atoms with Crippen LogP contribution in [0.4, 0.5) is 24.9 Å². The molecule has 2 fully saturated rings. The molecule has 3 aromatic rings. The number of alkyl halides is 2. The highest BCUT2D eigenvalue weighted by molar-refractivity contribution is 7.19. The number of anilines is 3. The van der Waals surface area contributed by atoms with Crippen molar-refractivity contribution in [2.75, 3.05) is 41.7 Å². The van der Waals surface area contributed by atoms with E-state index in [1.54, 1.807) is 18.3 Å². The summed E-state index contributed by atoms with van der Waals surface area (Å²) >= 11 is 1.33. The summed E-state index contributed by atoms with van der Waals surface area (Å²) in [4.78, 5) is 17.2. The highest BCUT2D eigenvalue weighted by atomic mass is 32.1. The third-order valence-corrected chi connectivity index (χ3v) is 7.45. The monoisotopic (exact) mass is 544 g/mol. The van der Waals surface area contributed by atoms with Gasteiger partial charge in [0.1, 0.15) is 5.75 Å². The number of benzene rings is 1. The van der Waals surface area contributed by atoms with Crippen molar-refractivity contribution in [3.05, 3.63) is 48.2 Å². The standard InChI is InChI=1S/C25H30F2N8O2S/c26-23(27)37-20-6-1-4-17(12-20)14-34-10-3-5-18(15-34)13-22(36)30-25-33-32-24(38-25)29-19-8-11-35(16-19)21-7-2-9-28-31-21/h1-2,4,6-7,9,12,18-19,23H,3,5,8,10-11,13-16H2,(H,29,32)(H,30,33,36)/t18-,19+/m0/s1. The van der Waals surface area contributed by atoms with Gasteiger partial charge in [-0.25, -0.2) is 0 Å². The van der Waals surface area contributed by atoms with Crippen LogP contribution < -0.4 is 20.3 Å². The van der Waals surface area contributed by atoms with Gasteiger partial charge in [0.15, 0.2) is 5.82 Å². The summed E-state index contributed by atoms with van der Waals surface area (Å²) in [5.74, 6) is 1.14. The summed E-state index contributed by atoms with van der Waals surface area (Å²) in [5.41, 5.74) is 0.907. The first kappa shape index (κ1) is 26.2. The minimum absolute atomic E-state index is 0.0819. The molecule has 10 nitrogen and oxygen atoms in total. The summed E-state index contributed by atoms with van der Waals surface area (Å²) in [6, 6.07) is 10.8. The molecule has 2 aromatic heterocycles. The Morgan fingerprint density at radius 1 is 1.11 bits per heavy atom. The minimum atomic E-state index is -2.84. The first-order valence-electron chi connectivity index (χ1n) is 12.7. The fourth-order valence-corrected chi connectivity index (χ4v) is 5.76. The summed E-state index contributed by atoms with van der Waals surface area (Å²) in [5, 5.41) is 23.9. The number of carbonyl (C=O) groups excluding carboxylic acids is 1. The third kappa shape index (κ3) is 7.32. The Bertz CT molecular complexity index is 1200. The number of hydrogen-bond donors (Lipinski definition) is 2. The van der Waals surface area contributed by atoms with Crippen LogP contribution in [0.5, 0.6) is 5.75 Å². The molecule has 2 N–H and O–H groups in total.